The van der Waals surface area contributed by atoms with Crippen molar-refractivity contribution in [3.63, 3.8) is 0 Å². The van der Waals surface area contributed by atoms with E-state index in [1.54, 1.807) is 4.90 Å². The predicted octanol–water partition coefficient (Wildman–Crippen LogP) is 3.95. The Labute approximate surface area is 216 Å². The van der Waals surface area contributed by atoms with Gasteiger partial charge in [0, 0.05) is 26.2 Å². The van der Waals surface area contributed by atoms with Crippen LogP contribution in [0.2, 0.25) is 0 Å². The van der Waals surface area contributed by atoms with Crippen molar-refractivity contribution in [3.8, 4) is 11.1 Å². The number of ether oxygens (including phenoxy) is 1. The number of hydrogen-bond acceptors (Lipinski definition) is 5. The zero-order valence-electron chi connectivity index (χ0n) is 21.5. The summed E-state index contributed by atoms with van der Waals surface area (Å²) in [6.45, 7) is 7.05. The number of aliphatic hydroxyl groups is 1. The SMILES string of the molecule is CC(C)(C)c1ccc(-c2ccc(CN3C(=O)C(C(=O)NCC(=O)O)=C(O)CC34CCOCC4)cc2)cc1. The summed E-state index contributed by atoms with van der Waals surface area (Å²) in [5, 5.41) is 21.8. The van der Waals surface area contributed by atoms with Crippen LogP contribution in [0.5, 0.6) is 0 Å². The first-order chi connectivity index (χ1) is 17.5. The number of carboxylic acids is 1. The molecule has 0 atom stereocenters. The fourth-order valence-corrected chi connectivity index (χ4v) is 5.03. The molecule has 2 aromatic carbocycles. The molecule has 37 heavy (non-hydrogen) atoms. The van der Waals surface area contributed by atoms with Crippen LogP contribution >= 0.6 is 0 Å². The Hall–Kier alpha value is -3.65. The number of nitrogens with zero attached hydrogens (tertiary/aromatic N) is 1. The van der Waals surface area contributed by atoms with Crippen molar-refractivity contribution in [1.29, 1.82) is 0 Å². The second-order valence-corrected chi connectivity index (χ2v) is 10.8. The Kier molecular flexibility index (Phi) is 7.41. The third-order valence-electron chi connectivity index (χ3n) is 7.25. The van der Waals surface area contributed by atoms with Gasteiger partial charge in [-0.2, -0.15) is 0 Å². The highest BCUT2D eigenvalue weighted by Gasteiger charge is 2.48. The van der Waals surface area contributed by atoms with Crippen LogP contribution < -0.4 is 5.32 Å². The molecule has 2 heterocycles. The molecule has 1 fully saturated rings. The number of rotatable bonds is 6. The number of carbonyl (C=O) groups excluding carboxylic acids is 2. The summed E-state index contributed by atoms with van der Waals surface area (Å²) in [4.78, 5) is 38.7. The first-order valence-electron chi connectivity index (χ1n) is 12.5. The minimum absolute atomic E-state index is 0.0791. The lowest BCUT2D eigenvalue weighted by molar-refractivity contribution is -0.145. The molecule has 2 aromatic rings. The number of aliphatic carboxylic acids is 1. The molecule has 0 radical (unpaired) electrons. The molecular formula is C29H34N2O6. The van der Waals surface area contributed by atoms with E-state index in [9.17, 15) is 19.5 Å². The molecule has 0 bridgehead atoms. The lowest BCUT2D eigenvalue weighted by Gasteiger charge is -2.49. The van der Waals surface area contributed by atoms with Crippen molar-refractivity contribution >= 4 is 17.8 Å². The lowest BCUT2D eigenvalue weighted by atomic mass is 9.79. The summed E-state index contributed by atoms with van der Waals surface area (Å²) < 4.78 is 5.52. The van der Waals surface area contributed by atoms with E-state index in [2.05, 4.69) is 50.4 Å². The molecule has 4 rings (SSSR count). The van der Waals surface area contributed by atoms with Gasteiger partial charge in [-0.15, -0.1) is 0 Å². The second kappa shape index (κ2) is 10.4. The van der Waals surface area contributed by atoms with Gasteiger partial charge in [0.2, 0.25) is 0 Å². The molecule has 2 amide bonds. The van der Waals surface area contributed by atoms with Gasteiger partial charge < -0.3 is 25.2 Å². The van der Waals surface area contributed by atoms with Gasteiger partial charge in [0.1, 0.15) is 17.9 Å². The molecule has 0 unspecified atom stereocenters. The van der Waals surface area contributed by atoms with Crippen LogP contribution in [0.25, 0.3) is 11.1 Å². The average Bonchev–Trinajstić information content (AvgIpc) is 2.86. The van der Waals surface area contributed by atoms with E-state index in [-0.39, 0.29) is 24.1 Å². The number of nitrogens with one attached hydrogen (secondary N) is 1. The van der Waals surface area contributed by atoms with E-state index in [1.165, 1.54) is 5.56 Å². The number of benzene rings is 2. The van der Waals surface area contributed by atoms with E-state index >= 15 is 0 Å². The fourth-order valence-electron chi connectivity index (χ4n) is 5.03. The summed E-state index contributed by atoms with van der Waals surface area (Å²) in [6.07, 6.45) is 1.19. The van der Waals surface area contributed by atoms with Gasteiger partial charge in [-0.3, -0.25) is 14.4 Å². The normalized spacial score (nSPS) is 17.7. The van der Waals surface area contributed by atoms with E-state index in [1.807, 2.05) is 24.3 Å². The summed E-state index contributed by atoms with van der Waals surface area (Å²) >= 11 is 0. The monoisotopic (exact) mass is 506 g/mol. The predicted molar refractivity (Wildman–Crippen MR) is 139 cm³/mol. The van der Waals surface area contributed by atoms with E-state index in [4.69, 9.17) is 9.84 Å². The minimum atomic E-state index is -1.23. The van der Waals surface area contributed by atoms with Gasteiger partial charge in [0.15, 0.2) is 0 Å². The van der Waals surface area contributed by atoms with Crippen LogP contribution in [0.1, 0.15) is 51.2 Å². The van der Waals surface area contributed by atoms with Gasteiger partial charge in [-0.25, -0.2) is 0 Å². The summed E-state index contributed by atoms with van der Waals surface area (Å²) in [7, 11) is 0. The Morgan fingerprint density at radius 3 is 2.11 bits per heavy atom. The summed E-state index contributed by atoms with van der Waals surface area (Å²) in [5.74, 6) is -3.02. The van der Waals surface area contributed by atoms with Crippen LogP contribution in [-0.2, 0) is 31.1 Å². The van der Waals surface area contributed by atoms with Crippen molar-refractivity contribution < 1.29 is 29.3 Å². The van der Waals surface area contributed by atoms with Gasteiger partial charge in [-0.1, -0.05) is 69.3 Å². The van der Waals surface area contributed by atoms with Crippen LogP contribution in [-0.4, -0.2) is 58.2 Å². The molecule has 0 saturated carbocycles. The minimum Gasteiger partial charge on any atom is -0.511 e. The Balaban J connectivity index is 1.58. The summed E-state index contributed by atoms with van der Waals surface area (Å²) in [6, 6.07) is 16.5. The zero-order chi connectivity index (χ0) is 26.8. The highest BCUT2D eigenvalue weighted by molar-refractivity contribution is 6.19. The van der Waals surface area contributed by atoms with Gasteiger partial charge >= 0.3 is 5.97 Å². The van der Waals surface area contributed by atoms with Crippen LogP contribution in [0, 0.1) is 0 Å². The molecule has 3 N–H and O–H groups in total. The topological polar surface area (TPSA) is 116 Å². The molecule has 1 saturated heterocycles. The Bertz CT molecular complexity index is 1200. The Morgan fingerprint density at radius 2 is 1.57 bits per heavy atom. The number of carboxylic acid groups (broad SMARTS) is 1. The van der Waals surface area contributed by atoms with Gasteiger partial charge in [0.25, 0.3) is 11.8 Å². The third-order valence-corrected chi connectivity index (χ3v) is 7.25. The fraction of sp³-hybridized carbons (Fsp3) is 0.414. The highest BCUT2D eigenvalue weighted by Crippen LogP contribution is 2.40. The van der Waals surface area contributed by atoms with E-state index in [0.717, 1.165) is 16.7 Å². The number of hydrogen-bond donors (Lipinski definition) is 3. The molecule has 8 nitrogen and oxygen atoms in total. The third kappa shape index (κ3) is 5.69. The van der Waals surface area contributed by atoms with Crippen molar-refractivity contribution in [2.75, 3.05) is 19.8 Å². The maximum Gasteiger partial charge on any atom is 0.322 e. The zero-order valence-corrected chi connectivity index (χ0v) is 21.5. The van der Waals surface area contributed by atoms with Gasteiger partial charge in [-0.05, 0) is 40.5 Å². The first kappa shape index (κ1) is 26.4. The van der Waals surface area contributed by atoms with Crippen LogP contribution in [0.15, 0.2) is 59.9 Å². The quantitative estimate of drug-likeness (QED) is 0.511. The van der Waals surface area contributed by atoms with Crippen molar-refractivity contribution in [2.24, 2.45) is 0 Å². The molecular weight excluding hydrogens is 472 g/mol. The number of aliphatic hydroxyl groups excluding tert-OH is 1. The highest BCUT2D eigenvalue weighted by atomic mass is 16.5. The molecule has 2 aliphatic heterocycles. The largest absolute Gasteiger partial charge is 0.511 e. The van der Waals surface area contributed by atoms with E-state index < -0.39 is 35.4 Å². The number of carbonyl (C=O) groups is 3. The molecule has 2 aliphatic rings. The Morgan fingerprint density at radius 1 is 1.00 bits per heavy atom. The van der Waals surface area contributed by atoms with Crippen molar-refractivity contribution in [2.45, 2.75) is 57.5 Å². The molecule has 0 aliphatic carbocycles. The maximum absolute atomic E-state index is 13.6. The lowest BCUT2D eigenvalue weighted by Crippen LogP contribution is -2.58. The van der Waals surface area contributed by atoms with Gasteiger partial charge in [0.05, 0.1) is 5.54 Å². The molecule has 1 spiro atoms. The second-order valence-electron chi connectivity index (χ2n) is 10.8. The van der Waals surface area contributed by atoms with Crippen LogP contribution in [0.3, 0.4) is 0 Å². The molecule has 0 aromatic heterocycles. The first-order valence-corrected chi connectivity index (χ1v) is 12.5. The smallest absolute Gasteiger partial charge is 0.322 e. The van der Waals surface area contributed by atoms with Crippen molar-refractivity contribution in [3.05, 3.63) is 71.0 Å². The number of amides is 2. The van der Waals surface area contributed by atoms with Crippen LogP contribution in [0.4, 0.5) is 0 Å². The maximum atomic E-state index is 13.6. The molecule has 196 valence electrons. The average molecular weight is 507 g/mol. The standard InChI is InChI=1S/C29H34N2O6/c1-28(2,3)22-10-8-21(9-11-22)20-6-4-19(5-7-20)18-31-27(36)25(26(35)30-17-24(33)34)23(32)16-29(31)12-14-37-15-13-29/h4-11,32H,12-18H2,1-3H3,(H,30,35)(H,33,34). The van der Waals surface area contributed by atoms with E-state index in [0.29, 0.717) is 26.1 Å². The van der Waals surface area contributed by atoms with Crippen molar-refractivity contribution in [1.82, 2.24) is 10.2 Å². The molecule has 8 heteroatoms. The summed E-state index contributed by atoms with van der Waals surface area (Å²) in [5.41, 5.74) is 3.32.